The highest BCUT2D eigenvalue weighted by atomic mass is 32.1. The largest absolute Gasteiger partial charge is 0.433 e. The van der Waals surface area contributed by atoms with Crippen LogP contribution in [0.3, 0.4) is 0 Å². The molecule has 4 rings (SSSR count). The van der Waals surface area contributed by atoms with E-state index in [1.54, 1.807) is 0 Å². The Labute approximate surface area is 157 Å². The molecule has 1 N–H and O–H groups in total. The van der Waals surface area contributed by atoms with Gasteiger partial charge in [-0.3, -0.25) is 15.1 Å². The first-order chi connectivity index (χ1) is 12.9. The molecule has 2 heterocycles. The molecule has 0 atom stereocenters. The number of carbonyl (C=O) groups is 1. The smallest absolute Gasteiger partial charge is 0.298 e. The summed E-state index contributed by atoms with van der Waals surface area (Å²) in [4.78, 5) is 19.9. The number of pyridine rings is 1. The van der Waals surface area contributed by atoms with Crippen LogP contribution in [-0.4, -0.2) is 15.9 Å². The van der Waals surface area contributed by atoms with E-state index < -0.39 is 17.8 Å². The molecule has 138 valence electrons. The molecule has 27 heavy (non-hydrogen) atoms. The van der Waals surface area contributed by atoms with Crippen LogP contribution in [0.15, 0.2) is 41.9 Å². The number of anilines is 1. The average molecular weight is 389 g/mol. The summed E-state index contributed by atoms with van der Waals surface area (Å²) in [6.07, 6.45) is -0.284. The lowest BCUT2D eigenvalue weighted by Crippen LogP contribution is -2.14. The van der Waals surface area contributed by atoms with E-state index in [1.165, 1.54) is 28.9 Å². The van der Waals surface area contributed by atoms with Gasteiger partial charge in [-0.05, 0) is 48.6 Å². The summed E-state index contributed by atoms with van der Waals surface area (Å²) in [5.74, 6) is -0.550. The highest BCUT2D eigenvalue weighted by Crippen LogP contribution is 2.30. The van der Waals surface area contributed by atoms with E-state index >= 15 is 0 Å². The van der Waals surface area contributed by atoms with E-state index in [0.29, 0.717) is 5.13 Å². The monoisotopic (exact) mass is 389 g/mol. The van der Waals surface area contributed by atoms with Crippen LogP contribution in [0.1, 0.15) is 33.6 Å². The van der Waals surface area contributed by atoms with Gasteiger partial charge < -0.3 is 0 Å². The fraction of sp³-hybridized carbons (Fsp3) is 0.211. The lowest BCUT2D eigenvalue weighted by molar-refractivity contribution is -0.141. The number of carbonyl (C=O) groups excluding carboxylic acids is 1. The van der Waals surface area contributed by atoms with Gasteiger partial charge in [0.1, 0.15) is 5.69 Å². The predicted octanol–water partition coefficient (Wildman–Crippen LogP) is 4.96. The molecule has 0 aliphatic heterocycles. The van der Waals surface area contributed by atoms with Crippen LogP contribution >= 0.6 is 11.3 Å². The van der Waals surface area contributed by atoms with Gasteiger partial charge in [-0.15, -0.1) is 11.3 Å². The van der Waals surface area contributed by atoms with Gasteiger partial charge in [0.05, 0.1) is 11.3 Å². The molecule has 1 aliphatic rings. The highest BCUT2D eigenvalue weighted by molar-refractivity contribution is 7.14. The number of fused-ring (bicyclic) bond motifs is 1. The Balaban J connectivity index is 1.48. The second-order valence-corrected chi connectivity index (χ2v) is 7.12. The minimum absolute atomic E-state index is 0.0391. The third-order valence-electron chi connectivity index (χ3n) is 4.44. The van der Waals surface area contributed by atoms with Crippen molar-refractivity contribution in [3.8, 4) is 11.3 Å². The Kier molecular flexibility index (Phi) is 4.43. The second kappa shape index (κ2) is 6.77. The average Bonchev–Trinajstić information content (AvgIpc) is 3.29. The summed E-state index contributed by atoms with van der Waals surface area (Å²) in [6.45, 7) is 0. The Morgan fingerprint density at radius 2 is 1.93 bits per heavy atom. The molecule has 2 aromatic heterocycles. The first-order valence-electron chi connectivity index (χ1n) is 8.32. The van der Waals surface area contributed by atoms with E-state index in [9.17, 15) is 18.0 Å². The Morgan fingerprint density at radius 3 is 2.67 bits per heavy atom. The summed E-state index contributed by atoms with van der Waals surface area (Å²) in [5, 5.41) is 4.84. The zero-order chi connectivity index (χ0) is 19.0. The molecule has 0 bridgehead atoms. The van der Waals surface area contributed by atoms with Gasteiger partial charge in [0.25, 0.3) is 5.91 Å². The maximum Gasteiger partial charge on any atom is 0.433 e. The van der Waals surface area contributed by atoms with Gasteiger partial charge in [0.2, 0.25) is 0 Å². The van der Waals surface area contributed by atoms with Crippen molar-refractivity contribution in [3.05, 3.63) is 64.3 Å². The molecule has 0 saturated heterocycles. The molecule has 0 spiro atoms. The third kappa shape index (κ3) is 3.71. The van der Waals surface area contributed by atoms with Crippen molar-refractivity contribution < 1.29 is 18.0 Å². The van der Waals surface area contributed by atoms with Gasteiger partial charge in [-0.1, -0.05) is 12.1 Å². The minimum atomic E-state index is -4.53. The summed E-state index contributed by atoms with van der Waals surface area (Å²) in [5.41, 5.74) is 3.46. The maximum absolute atomic E-state index is 12.5. The van der Waals surface area contributed by atoms with Crippen LogP contribution in [-0.2, 0) is 19.0 Å². The van der Waals surface area contributed by atoms with E-state index in [0.717, 1.165) is 42.4 Å². The Bertz CT molecular complexity index is 996. The lowest BCUT2D eigenvalue weighted by atomic mass is 10.1. The number of thiazole rings is 1. The minimum Gasteiger partial charge on any atom is -0.298 e. The number of hydrogen-bond acceptors (Lipinski definition) is 4. The van der Waals surface area contributed by atoms with Crippen molar-refractivity contribution in [2.24, 2.45) is 0 Å². The maximum atomic E-state index is 12.5. The molecule has 0 radical (unpaired) electrons. The molecule has 1 aromatic carbocycles. The van der Waals surface area contributed by atoms with Gasteiger partial charge in [0, 0.05) is 17.1 Å². The Morgan fingerprint density at radius 1 is 1.11 bits per heavy atom. The van der Waals surface area contributed by atoms with Crippen molar-refractivity contribution in [2.75, 3.05) is 5.32 Å². The quantitative estimate of drug-likeness (QED) is 0.689. The van der Waals surface area contributed by atoms with Gasteiger partial charge in [-0.2, -0.15) is 13.2 Å². The van der Waals surface area contributed by atoms with Crippen molar-refractivity contribution in [2.45, 2.75) is 25.4 Å². The number of nitrogens with one attached hydrogen (secondary N) is 1. The summed E-state index contributed by atoms with van der Waals surface area (Å²) < 4.78 is 37.6. The van der Waals surface area contributed by atoms with Crippen LogP contribution < -0.4 is 5.32 Å². The van der Waals surface area contributed by atoms with Gasteiger partial charge in [-0.25, -0.2) is 4.98 Å². The molecule has 0 unspecified atom stereocenters. The lowest BCUT2D eigenvalue weighted by Gasteiger charge is -2.06. The van der Waals surface area contributed by atoms with E-state index in [1.807, 2.05) is 11.4 Å². The molecule has 8 heteroatoms. The molecule has 4 nitrogen and oxygen atoms in total. The molecule has 1 amide bonds. The molecule has 0 fully saturated rings. The van der Waals surface area contributed by atoms with Crippen molar-refractivity contribution >= 4 is 22.4 Å². The van der Waals surface area contributed by atoms with E-state index in [2.05, 4.69) is 27.4 Å². The van der Waals surface area contributed by atoms with Gasteiger partial charge in [0.15, 0.2) is 5.13 Å². The van der Waals surface area contributed by atoms with Crippen LogP contribution in [0.25, 0.3) is 11.3 Å². The molecular weight excluding hydrogens is 375 g/mol. The van der Waals surface area contributed by atoms with Crippen molar-refractivity contribution in [1.82, 2.24) is 9.97 Å². The zero-order valence-electron chi connectivity index (χ0n) is 14.0. The van der Waals surface area contributed by atoms with E-state index in [4.69, 9.17) is 0 Å². The van der Waals surface area contributed by atoms with Crippen LogP contribution in [0, 0.1) is 0 Å². The highest BCUT2D eigenvalue weighted by Gasteiger charge is 2.32. The topological polar surface area (TPSA) is 54.9 Å². The number of hydrogen-bond donors (Lipinski definition) is 1. The number of benzene rings is 1. The Hall–Kier alpha value is -2.74. The number of alkyl halides is 3. The fourth-order valence-corrected chi connectivity index (χ4v) is 3.77. The van der Waals surface area contributed by atoms with Crippen molar-refractivity contribution in [3.63, 3.8) is 0 Å². The number of aromatic nitrogens is 2. The first-order valence-corrected chi connectivity index (χ1v) is 9.20. The fourth-order valence-electron chi connectivity index (χ4n) is 3.06. The molecule has 0 saturated carbocycles. The normalized spacial score (nSPS) is 13.4. The van der Waals surface area contributed by atoms with Crippen LogP contribution in [0.4, 0.5) is 18.3 Å². The summed E-state index contributed by atoms with van der Waals surface area (Å²) >= 11 is 1.26. The SMILES string of the molecule is O=C(Nc1nc(-c2ccc3c(c2)CCC3)cs1)c1ccc(C(F)(F)F)nc1. The van der Waals surface area contributed by atoms with Crippen LogP contribution in [0.5, 0.6) is 0 Å². The molecular formula is C19H14F3N3OS. The predicted molar refractivity (Wildman–Crippen MR) is 96.8 cm³/mol. The van der Waals surface area contributed by atoms with Crippen LogP contribution in [0.2, 0.25) is 0 Å². The zero-order valence-corrected chi connectivity index (χ0v) is 14.8. The van der Waals surface area contributed by atoms with E-state index in [-0.39, 0.29) is 5.56 Å². The second-order valence-electron chi connectivity index (χ2n) is 6.26. The molecule has 1 aliphatic carbocycles. The first kappa shape index (κ1) is 17.7. The standard InChI is InChI=1S/C19H14F3N3OS/c20-19(21,22)16-7-6-14(9-23-16)17(26)25-18-24-15(10-27-18)13-5-4-11-2-1-3-12(11)8-13/h4-10H,1-3H2,(H,24,25,26). The number of halogens is 3. The number of amides is 1. The number of rotatable bonds is 3. The summed E-state index contributed by atoms with van der Waals surface area (Å²) in [6, 6.07) is 8.14. The van der Waals surface area contributed by atoms with Gasteiger partial charge >= 0.3 is 6.18 Å². The number of nitrogens with zero attached hydrogens (tertiary/aromatic N) is 2. The van der Waals surface area contributed by atoms with Crippen molar-refractivity contribution in [1.29, 1.82) is 0 Å². The molecule has 3 aromatic rings. The summed E-state index contributed by atoms with van der Waals surface area (Å²) in [7, 11) is 0. The third-order valence-corrected chi connectivity index (χ3v) is 5.19. The number of aryl methyl sites for hydroxylation is 2.